The van der Waals surface area contributed by atoms with E-state index >= 15 is 0 Å². The molecule has 5 rings (SSSR count). The molecular weight excluding hydrogens is 330 g/mol. The van der Waals surface area contributed by atoms with Gasteiger partial charge in [0, 0.05) is 31.5 Å². The smallest absolute Gasteiger partial charge is 0.252 e. The van der Waals surface area contributed by atoms with Gasteiger partial charge in [-0.1, -0.05) is 6.07 Å². The van der Waals surface area contributed by atoms with E-state index in [4.69, 9.17) is 5.73 Å². The number of pyridine rings is 2. The largest absolute Gasteiger partial charge is 0.365 e. The van der Waals surface area contributed by atoms with Crippen molar-refractivity contribution in [3.63, 3.8) is 0 Å². The van der Waals surface area contributed by atoms with Gasteiger partial charge in [-0.25, -0.2) is 4.98 Å². The molecule has 0 saturated carbocycles. The lowest BCUT2D eigenvalue weighted by Gasteiger charge is -2.35. The number of carbonyl (C=O) groups is 2. The van der Waals surface area contributed by atoms with Crippen molar-refractivity contribution in [3.8, 4) is 0 Å². The van der Waals surface area contributed by atoms with Crippen LogP contribution in [0.5, 0.6) is 0 Å². The SMILES string of the molecule is NC(=O)c1cccnc1N1C[C@H]2CC[C@@H](C1)N(Cc1ccccn1)C2=O. The molecule has 3 aliphatic heterocycles. The zero-order valence-electron chi connectivity index (χ0n) is 14.4. The summed E-state index contributed by atoms with van der Waals surface area (Å²) in [6, 6.07) is 9.20. The van der Waals surface area contributed by atoms with Crippen LogP contribution in [0.1, 0.15) is 28.9 Å². The van der Waals surface area contributed by atoms with Crippen LogP contribution < -0.4 is 10.6 Å². The number of fused-ring (bicyclic) bond motifs is 4. The molecule has 0 radical (unpaired) electrons. The Labute approximate surface area is 151 Å². The average molecular weight is 351 g/mol. The second-order valence-electron chi connectivity index (χ2n) is 6.86. The molecule has 0 aromatic carbocycles. The van der Waals surface area contributed by atoms with E-state index in [1.807, 2.05) is 28.0 Å². The number of aromatic nitrogens is 2. The highest BCUT2D eigenvalue weighted by molar-refractivity contribution is 5.97. The fraction of sp³-hybridized carbons (Fsp3) is 0.368. The number of amides is 2. The minimum Gasteiger partial charge on any atom is -0.365 e. The van der Waals surface area contributed by atoms with E-state index in [9.17, 15) is 9.59 Å². The van der Waals surface area contributed by atoms with Gasteiger partial charge in [-0.2, -0.15) is 0 Å². The van der Waals surface area contributed by atoms with Crippen LogP contribution in [0.2, 0.25) is 0 Å². The lowest BCUT2D eigenvalue weighted by molar-refractivity contribution is -0.140. The maximum absolute atomic E-state index is 13.0. The van der Waals surface area contributed by atoms with E-state index in [-0.39, 0.29) is 17.9 Å². The maximum Gasteiger partial charge on any atom is 0.252 e. The number of carbonyl (C=O) groups excluding carboxylic acids is 2. The van der Waals surface area contributed by atoms with Crippen LogP contribution in [0, 0.1) is 5.92 Å². The van der Waals surface area contributed by atoms with Crippen LogP contribution in [0.3, 0.4) is 0 Å². The number of nitrogens with zero attached hydrogens (tertiary/aromatic N) is 4. The van der Waals surface area contributed by atoms with Gasteiger partial charge >= 0.3 is 0 Å². The van der Waals surface area contributed by atoms with E-state index in [0.717, 1.165) is 18.5 Å². The Kier molecular flexibility index (Phi) is 4.28. The Morgan fingerprint density at radius 2 is 1.96 bits per heavy atom. The van der Waals surface area contributed by atoms with Crippen LogP contribution in [0.25, 0.3) is 0 Å². The third-order valence-electron chi connectivity index (χ3n) is 5.20. The summed E-state index contributed by atoms with van der Waals surface area (Å²) in [5, 5.41) is 0. The highest BCUT2D eigenvalue weighted by atomic mass is 16.2. The van der Waals surface area contributed by atoms with Gasteiger partial charge < -0.3 is 15.5 Å². The molecule has 3 fully saturated rings. The van der Waals surface area contributed by atoms with Crippen molar-refractivity contribution in [2.75, 3.05) is 18.0 Å². The average Bonchev–Trinajstić information content (AvgIpc) is 2.95. The molecule has 0 unspecified atom stereocenters. The Morgan fingerprint density at radius 3 is 2.73 bits per heavy atom. The lowest BCUT2D eigenvalue weighted by atomic mass is 9.94. The Morgan fingerprint density at radius 1 is 1.12 bits per heavy atom. The number of piperidine rings is 1. The quantitative estimate of drug-likeness (QED) is 0.894. The molecule has 2 amide bonds. The Balaban J connectivity index is 1.62. The van der Waals surface area contributed by atoms with E-state index in [0.29, 0.717) is 31.0 Å². The van der Waals surface area contributed by atoms with Gasteiger partial charge in [0.05, 0.1) is 23.7 Å². The molecule has 2 bridgehead atoms. The first kappa shape index (κ1) is 16.5. The molecule has 0 spiro atoms. The third kappa shape index (κ3) is 3.00. The predicted molar refractivity (Wildman–Crippen MR) is 96.3 cm³/mol. The molecule has 3 saturated heterocycles. The molecule has 2 atom stereocenters. The molecule has 134 valence electrons. The van der Waals surface area contributed by atoms with E-state index in [1.54, 1.807) is 24.5 Å². The van der Waals surface area contributed by atoms with Crippen LogP contribution >= 0.6 is 0 Å². The first-order valence-corrected chi connectivity index (χ1v) is 8.83. The second kappa shape index (κ2) is 6.74. The summed E-state index contributed by atoms with van der Waals surface area (Å²) in [6.07, 6.45) is 5.20. The van der Waals surface area contributed by atoms with Crippen LogP contribution in [0.4, 0.5) is 5.82 Å². The van der Waals surface area contributed by atoms with Gasteiger partial charge in [0.2, 0.25) is 5.91 Å². The number of hydrogen-bond donors (Lipinski definition) is 1. The number of hydrogen-bond acceptors (Lipinski definition) is 5. The zero-order valence-corrected chi connectivity index (χ0v) is 14.4. The second-order valence-corrected chi connectivity index (χ2v) is 6.86. The summed E-state index contributed by atoms with van der Waals surface area (Å²) >= 11 is 0. The highest BCUT2D eigenvalue weighted by Crippen LogP contribution is 2.32. The molecule has 2 aromatic rings. The first-order chi connectivity index (χ1) is 12.6. The molecule has 5 heterocycles. The first-order valence-electron chi connectivity index (χ1n) is 8.83. The highest BCUT2D eigenvalue weighted by Gasteiger charge is 2.41. The molecule has 26 heavy (non-hydrogen) atoms. The standard InChI is InChI=1S/C19H21N5O2/c20-17(25)16-5-3-9-22-18(16)23-10-13-6-7-15(12-23)24(19(13)26)11-14-4-1-2-8-21-14/h1-5,8-9,13,15H,6-7,10-12H2,(H2,20,25)/t13-,15+/m1/s1. The van der Waals surface area contributed by atoms with Crippen molar-refractivity contribution in [1.29, 1.82) is 0 Å². The number of primary amides is 1. The molecule has 3 aliphatic rings. The number of rotatable bonds is 4. The van der Waals surface area contributed by atoms with Gasteiger partial charge in [0.1, 0.15) is 5.82 Å². The summed E-state index contributed by atoms with van der Waals surface area (Å²) in [5.41, 5.74) is 6.80. The Hall–Kier alpha value is -2.96. The monoisotopic (exact) mass is 351 g/mol. The number of anilines is 1. The van der Waals surface area contributed by atoms with Crippen molar-refractivity contribution < 1.29 is 9.59 Å². The molecule has 2 N–H and O–H groups in total. The minimum atomic E-state index is -0.499. The molecule has 7 nitrogen and oxygen atoms in total. The summed E-state index contributed by atoms with van der Waals surface area (Å²) in [7, 11) is 0. The minimum absolute atomic E-state index is 0.0750. The van der Waals surface area contributed by atoms with Crippen LogP contribution in [0.15, 0.2) is 42.7 Å². The van der Waals surface area contributed by atoms with Gasteiger partial charge in [-0.3, -0.25) is 14.6 Å². The maximum atomic E-state index is 13.0. The lowest BCUT2D eigenvalue weighted by Crippen LogP contribution is -2.47. The molecule has 7 heteroatoms. The number of nitrogens with two attached hydrogens (primary N) is 1. The van der Waals surface area contributed by atoms with E-state index in [1.165, 1.54) is 0 Å². The van der Waals surface area contributed by atoms with Crippen molar-refractivity contribution in [3.05, 3.63) is 54.0 Å². The fourth-order valence-electron chi connectivity index (χ4n) is 3.93. The fourth-order valence-corrected chi connectivity index (χ4v) is 3.93. The van der Waals surface area contributed by atoms with Crippen molar-refractivity contribution >= 4 is 17.6 Å². The van der Waals surface area contributed by atoms with E-state index < -0.39 is 5.91 Å². The zero-order chi connectivity index (χ0) is 18.1. The third-order valence-corrected chi connectivity index (χ3v) is 5.20. The van der Waals surface area contributed by atoms with Crippen LogP contribution in [-0.4, -0.2) is 45.8 Å². The van der Waals surface area contributed by atoms with Gasteiger partial charge in [0.15, 0.2) is 0 Å². The molecule has 0 aliphatic carbocycles. The topological polar surface area (TPSA) is 92.4 Å². The van der Waals surface area contributed by atoms with Crippen molar-refractivity contribution in [2.24, 2.45) is 11.7 Å². The van der Waals surface area contributed by atoms with Crippen molar-refractivity contribution in [1.82, 2.24) is 14.9 Å². The summed E-state index contributed by atoms with van der Waals surface area (Å²) < 4.78 is 0. The van der Waals surface area contributed by atoms with Crippen LogP contribution in [-0.2, 0) is 11.3 Å². The summed E-state index contributed by atoms with van der Waals surface area (Å²) in [5.74, 6) is 0.136. The van der Waals surface area contributed by atoms with Crippen molar-refractivity contribution in [2.45, 2.75) is 25.4 Å². The molecule has 2 aromatic heterocycles. The van der Waals surface area contributed by atoms with Gasteiger partial charge in [-0.05, 0) is 37.1 Å². The van der Waals surface area contributed by atoms with E-state index in [2.05, 4.69) is 9.97 Å². The van der Waals surface area contributed by atoms with Gasteiger partial charge in [-0.15, -0.1) is 0 Å². The van der Waals surface area contributed by atoms with Gasteiger partial charge in [0.25, 0.3) is 5.91 Å². The predicted octanol–water partition coefficient (Wildman–Crippen LogP) is 1.20. The Bertz CT molecular complexity index is 826. The summed E-state index contributed by atoms with van der Waals surface area (Å²) in [6.45, 7) is 1.72. The molecular formula is C19H21N5O2. The summed E-state index contributed by atoms with van der Waals surface area (Å²) in [4.78, 5) is 37.4. The normalized spacial score (nSPS) is 22.4.